The molecule has 186 valence electrons. The van der Waals surface area contributed by atoms with E-state index in [9.17, 15) is 14.4 Å². The monoisotopic (exact) mass is 495 g/mol. The molecule has 4 aromatic rings. The highest BCUT2D eigenvalue weighted by Gasteiger charge is 2.42. The third kappa shape index (κ3) is 4.18. The molecule has 2 aromatic heterocycles. The Kier molecular flexibility index (Phi) is 5.60. The van der Waals surface area contributed by atoms with Crippen LogP contribution in [0.2, 0.25) is 0 Å². The highest BCUT2D eigenvalue weighted by molar-refractivity contribution is 6.07. The fourth-order valence-electron chi connectivity index (χ4n) is 4.96. The predicted octanol–water partition coefficient (Wildman–Crippen LogP) is 3.91. The molecule has 37 heavy (non-hydrogen) atoms. The minimum Gasteiger partial charge on any atom is -0.467 e. The summed E-state index contributed by atoms with van der Waals surface area (Å²) in [5, 5.41) is 9.66. The summed E-state index contributed by atoms with van der Waals surface area (Å²) in [5.74, 6) is -0.298. The van der Waals surface area contributed by atoms with E-state index in [-0.39, 0.29) is 0 Å². The molecule has 9 heteroatoms. The Bertz CT molecular complexity index is 1520. The molecule has 2 N–H and O–H groups in total. The number of furan rings is 1. The predicted molar refractivity (Wildman–Crippen MR) is 137 cm³/mol. The number of hydrogen-bond donors (Lipinski definition) is 2. The van der Waals surface area contributed by atoms with Crippen molar-refractivity contribution in [3.63, 3.8) is 0 Å². The number of para-hydroxylation sites is 1. The van der Waals surface area contributed by atoms with Crippen molar-refractivity contribution in [3.05, 3.63) is 95.6 Å². The zero-order valence-corrected chi connectivity index (χ0v) is 20.2. The molecule has 0 saturated carbocycles. The van der Waals surface area contributed by atoms with Gasteiger partial charge in [0.25, 0.3) is 11.8 Å². The maximum Gasteiger partial charge on any atom is 0.325 e. The van der Waals surface area contributed by atoms with Gasteiger partial charge in [-0.2, -0.15) is 5.10 Å². The van der Waals surface area contributed by atoms with Gasteiger partial charge < -0.3 is 14.7 Å². The number of aromatic nitrogens is 1. The number of urea groups is 1. The number of nitrogens with one attached hydrogen (secondary N) is 2. The molecule has 1 fully saturated rings. The quantitative estimate of drug-likeness (QED) is 0.395. The molecule has 6 rings (SSSR count). The smallest absolute Gasteiger partial charge is 0.325 e. The summed E-state index contributed by atoms with van der Waals surface area (Å²) in [4.78, 5) is 43.5. The molecule has 9 nitrogen and oxygen atoms in total. The van der Waals surface area contributed by atoms with E-state index in [0.29, 0.717) is 18.6 Å². The van der Waals surface area contributed by atoms with Gasteiger partial charge in [0, 0.05) is 29.9 Å². The lowest BCUT2D eigenvalue weighted by atomic mass is 10.0. The number of fused-ring (bicyclic) bond motifs is 1. The molecule has 2 aromatic carbocycles. The summed E-state index contributed by atoms with van der Waals surface area (Å²) in [7, 11) is 0. The molecule has 0 aliphatic carbocycles. The van der Waals surface area contributed by atoms with E-state index in [0.717, 1.165) is 38.2 Å². The molecule has 2 aliphatic heterocycles. The van der Waals surface area contributed by atoms with Crippen LogP contribution in [-0.2, 0) is 16.0 Å². The van der Waals surface area contributed by atoms with Crippen molar-refractivity contribution < 1.29 is 18.8 Å². The number of amides is 4. The van der Waals surface area contributed by atoms with Gasteiger partial charge in [-0.05, 0) is 36.2 Å². The Hall–Kier alpha value is -4.66. The van der Waals surface area contributed by atoms with Crippen molar-refractivity contribution >= 4 is 34.5 Å². The van der Waals surface area contributed by atoms with Crippen molar-refractivity contribution in [1.29, 1.82) is 0 Å². The van der Waals surface area contributed by atoms with Crippen molar-refractivity contribution in [2.45, 2.75) is 31.8 Å². The second-order valence-electron chi connectivity index (χ2n) is 9.38. The number of aryl methyl sites for hydroxylation is 1. The first-order valence-electron chi connectivity index (χ1n) is 12.1. The second-order valence-corrected chi connectivity index (χ2v) is 9.38. The molecule has 4 heterocycles. The van der Waals surface area contributed by atoms with Crippen molar-refractivity contribution in [3.8, 4) is 0 Å². The van der Waals surface area contributed by atoms with Gasteiger partial charge in [0.05, 0.1) is 12.0 Å². The highest BCUT2D eigenvalue weighted by Crippen LogP contribution is 2.33. The molecular weight excluding hydrogens is 470 g/mol. The van der Waals surface area contributed by atoms with E-state index in [2.05, 4.69) is 15.4 Å². The standard InChI is InChI=1S/C28H25N5O4/c1-17-8-10-18(11-9-17)22-14-24(25-7-4-12-37-25)33(31-22)26(34)16-32-27(35)23(30-28(32)36)13-19-15-29-21-6-3-2-5-20(19)21/h2-12,15,23-24,29H,13-14,16H2,1H3,(H,30,36)/t23-,24-/m0/s1. The fourth-order valence-corrected chi connectivity index (χ4v) is 4.96. The summed E-state index contributed by atoms with van der Waals surface area (Å²) in [6.45, 7) is 1.60. The maximum absolute atomic E-state index is 13.4. The summed E-state index contributed by atoms with van der Waals surface area (Å²) in [6, 6.07) is 17.5. The Morgan fingerprint density at radius 3 is 2.68 bits per heavy atom. The Morgan fingerprint density at radius 2 is 1.89 bits per heavy atom. The first-order valence-corrected chi connectivity index (χ1v) is 12.1. The lowest BCUT2D eigenvalue weighted by molar-refractivity contribution is -0.138. The van der Waals surface area contributed by atoms with E-state index >= 15 is 0 Å². The normalized spacial score (nSPS) is 19.5. The SMILES string of the molecule is Cc1ccc(C2=NN(C(=O)CN3C(=O)N[C@@H](Cc4c[nH]c5ccccc45)C3=O)[C@H](c3ccco3)C2)cc1. The first-order chi connectivity index (χ1) is 18.0. The number of imide groups is 1. The highest BCUT2D eigenvalue weighted by atomic mass is 16.3. The number of carbonyl (C=O) groups excluding carboxylic acids is 3. The number of benzene rings is 2. The first kappa shape index (κ1) is 22.8. The van der Waals surface area contributed by atoms with Crippen LogP contribution in [0.3, 0.4) is 0 Å². The van der Waals surface area contributed by atoms with Crippen LogP contribution in [0.5, 0.6) is 0 Å². The van der Waals surface area contributed by atoms with Gasteiger partial charge >= 0.3 is 6.03 Å². The van der Waals surface area contributed by atoms with Crippen LogP contribution < -0.4 is 5.32 Å². The van der Waals surface area contributed by atoms with Crippen LogP contribution in [0, 0.1) is 6.92 Å². The Labute approximate surface area is 212 Å². The third-order valence-electron chi connectivity index (χ3n) is 6.92. The molecule has 0 bridgehead atoms. The lowest BCUT2D eigenvalue weighted by Gasteiger charge is -2.22. The number of hydrazone groups is 1. The van der Waals surface area contributed by atoms with Gasteiger partial charge in [0.2, 0.25) is 0 Å². The number of H-pyrrole nitrogens is 1. The number of nitrogens with zero attached hydrogens (tertiary/aromatic N) is 3. The van der Waals surface area contributed by atoms with E-state index < -0.39 is 36.5 Å². The van der Waals surface area contributed by atoms with E-state index in [1.165, 1.54) is 5.01 Å². The van der Waals surface area contributed by atoms with Crippen LogP contribution in [0.4, 0.5) is 4.79 Å². The van der Waals surface area contributed by atoms with Gasteiger partial charge in [0.15, 0.2) is 0 Å². The molecule has 2 aliphatic rings. The van der Waals surface area contributed by atoms with Crippen LogP contribution in [-0.4, -0.2) is 51.0 Å². The van der Waals surface area contributed by atoms with Gasteiger partial charge in [-0.25, -0.2) is 9.80 Å². The van der Waals surface area contributed by atoms with E-state index in [1.54, 1.807) is 18.4 Å². The third-order valence-corrected chi connectivity index (χ3v) is 6.92. The molecule has 0 spiro atoms. The van der Waals surface area contributed by atoms with Gasteiger partial charge in [-0.3, -0.25) is 14.5 Å². The van der Waals surface area contributed by atoms with Gasteiger partial charge in [-0.1, -0.05) is 48.0 Å². The molecule has 0 radical (unpaired) electrons. The number of hydrogen-bond acceptors (Lipinski definition) is 5. The van der Waals surface area contributed by atoms with Crippen LogP contribution in [0.1, 0.15) is 34.9 Å². The van der Waals surface area contributed by atoms with E-state index in [4.69, 9.17) is 4.42 Å². The maximum atomic E-state index is 13.4. The second kappa shape index (κ2) is 9.09. The number of rotatable bonds is 6. The van der Waals surface area contributed by atoms with Crippen LogP contribution in [0.25, 0.3) is 10.9 Å². The summed E-state index contributed by atoms with van der Waals surface area (Å²) in [5.41, 5.74) is 4.66. The number of aromatic amines is 1. The average molecular weight is 496 g/mol. The van der Waals surface area contributed by atoms with Crippen LogP contribution >= 0.6 is 0 Å². The van der Waals surface area contributed by atoms with Gasteiger partial charge in [-0.15, -0.1) is 0 Å². The number of carbonyl (C=O) groups is 3. The minimum atomic E-state index is -0.745. The Balaban J connectivity index is 1.21. The lowest BCUT2D eigenvalue weighted by Crippen LogP contribution is -2.41. The van der Waals surface area contributed by atoms with Crippen molar-refractivity contribution in [2.75, 3.05) is 6.54 Å². The largest absolute Gasteiger partial charge is 0.467 e. The Morgan fingerprint density at radius 1 is 1.08 bits per heavy atom. The van der Waals surface area contributed by atoms with E-state index in [1.807, 2.05) is 61.7 Å². The summed E-state index contributed by atoms with van der Waals surface area (Å²) < 4.78 is 5.59. The minimum absolute atomic E-state index is 0.327. The molecule has 4 amide bonds. The fraction of sp³-hybridized carbons (Fsp3) is 0.214. The van der Waals surface area contributed by atoms with Crippen LogP contribution in [0.15, 0.2) is 82.6 Å². The topological polar surface area (TPSA) is 111 Å². The van der Waals surface area contributed by atoms with Crippen molar-refractivity contribution in [2.24, 2.45) is 5.10 Å². The molecule has 0 unspecified atom stereocenters. The zero-order chi connectivity index (χ0) is 25.5. The zero-order valence-electron chi connectivity index (χ0n) is 20.2. The van der Waals surface area contributed by atoms with Crippen molar-refractivity contribution in [1.82, 2.24) is 20.2 Å². The summed E-state index contributed by atoms with van der Waals surface area (Å²) in [6.07, 6.45) is 4.19. The molecular formula is C28H25N5O4. The average Bonchev–Trinajstić information content (AvgIpc) is 3.69. The summed E-state index contributed by atoms with van der Waals surface area (Å²) >= 11 is 0. The molecule has 2 atom stereocenters. The molecule has 1 saturated heterocycles. The van der Waals surface area contributed by atoms with Gasteiger partial charge in [0.1, 0.15) is 24.4 Å².